The first kappa shape index (κ1) is 13.1. The molecule has 90 valence electrons. The van der Waals surface area contributed by atoms with Crippen LogP contribution in [0, 0.1) is 5.95 Å². The van der Waals surface area contributed by atoms with Gasteiger partial charge in [0.1, 0.15) is 0 Å². The van der Waals surface area contributed by atoms with E-state index in [1.807, 2.05) is 0 Å². The zero-order chi connectivity index (χ0) is 12.5. The first-order valence-electron chi connectivity index (χ1n) is 3.88. The molecule has 0 radical (unpaired) electrons. The molecule has 0 N–H and O–H groups in total. The molecule has 0 aromatic carbocycles. The minimum Gasteiger partial charge on any atom is -0.214 e. The highest BCUT2D eigenvalue weighted by atomic mass is 35.5. The van der Waals surface area contributed by atoms with Gasteiger partial charge in [-0.05, 0) is 11.6 Å². The van der Waals surface area contributed by atoms with Crippen LogP contribution in [0.15, 0.2) is 6.07 Å². The Morgan fingerprint density at radius 3 is 2.25 bits per heavy atom. The van der Waals surface area contributed by atoms with Crippen molar-refractivity contribution in [3.8, 4) is 0 Å². The van der Waals surface area contributed by atoms with Crippen molar-refractivity contribution in [2.75, 3.05) is 0 Å². The van der Waals surface area contributed by atoms with Crippen LogP contribution in [0.4, 0.5) is 26.3 Å². The number of alkyl halides is 6. The molecule has 0 aliphatic carbocycles. The lowest BCUT2D eigenvalue weighted by molar-refractivity contribution is -0.142. The Morgan fingerprint density at radius 1 is 1.31 bits per heavy atom. The van der Waals surface area contributed by atoms with E-state index in [0.717, 1.165) is 0 Å². The Kier molecular flexibility index (Phi) is 3.67. The quantitative estimate of drug-likeness (QED) is 0.448. The van der Waals surface area contributed by atoms with Gasteiger partial charge < -0.3 is 0 Å². The van der Waals surface area contributed by atoms with E-state index in [1.54, 1.807) is 0 Å². The van der Waals surface area contributed by atoms with E-state index >= 15 is 0 Å². The van der Waals surface area contributed by atoms with Crippen LogP contribution >= 0.6 is 11.6 Å². The molecule has 0 aliphatic rings. The average molecular weight is 264 g/mol. The molecule has 0 saturated carbocycles. The van der Waals surface area contributed by atoms with Crippen LogP contribution in [-0.2, 0) is 12.1 Å². The van der Waals surface area contributed by atoms with E-state index in [2.05, 4.69) is 4.98 Å². The Labute approximate surface area is 91.0 Å². The van der Waals surface area contributed by atoms with Crippen LogP contribution in [0.5, 0.6) is 0 Å². The van der Waals surface area contributed by atoms with Gasteiger partial charge in [0, 0.05) is 5.88 Å². The number of pyridine rings is 1. The Morgan fingerprint density at radius 2 is 1.88 bits per heavy atom. The fourth-order valence-electron chi connectivity index (χ4n) is 1.05. The van der Waals surface area contributed by atoms with Gasteiger partial charge in [0.15, 0.2) is 5.69 Å². The van der Waals surface area contributed by atoms with Crippen LogP contribution in [0.1, 0.15) is 23.2 Å². The summed E-state index contributed by atoms with van der Waals surface area (Å²) in [6, 6.07) is 0.378. The van der Waals surface area contributed by atoms with Crippen molar-refractivity contribution in [1.82, 2.24) is 4.98 Å². The summed E-state index contributed by atoms with van der Waals surface area (Å²) in [5.41, 5.74) is -3.45. The molecule has 0 aliphatic heterocycles. The molecule has 0 spiro atoms. The molecule has 0 fully saturated rings. The van der Waals surface area contributed by atoms with E-state index in [0.29, 0.717) is 6.07 Å². The van der Waals surface area contributed by atoms with Crippen LogP contribution in [0.25, 0.3) is 0 Å². The van der Waals surface area contributed by atoms with Gasteiger partial charge in [-0.1, -0.05) is 0 Å². The van der Waals surface area contributed by atoms with Crippen molar-refractivity contribution in [2.24, 2.45) is 0 Å². The molecular weight excluding hydrogens is 260 g/mol. The number of halogens is 7. The summed E-state index contributed by atoms with van der Waals surface area (Å²) in [6.07, 6.45) is -8.16. The second-order valence-corrected chi connectivity index (χ2v) is 3.08. The summed E-state index contributed by atoms with van der Waals surface area (Å²) in [7, 11) is 0. The summed E-state index contributed by atoms with van der Waals surface area (Å²) in [5.74, 6) is -2.52. The van der Waals surface area contributed by atoms with Gasteiger partial charge in [-0.25, -0.2) is 13.8 Å². The molecule has 16 heavy (non-hydrogen) atoms. The first-order valence-corrected chi connectivity index (χ1v) is 4.41. The number of hydrogen-bond acceptors (Lipinski definition) is 1. The van der Waals surface area contributed by atoms with Crippen molar-refractivity contribution >= 4 is 11.6 Å². The normalized spacial score (nSPS) is 12.2. The largest absolute Gasteiger partial charge is 0.433 e. The van der Waals surface area contributed by atoms with Crippen LogP contribution < -0.4 is 0 Å². The van der Waals surface area contributed by atoms with Crippen LogP contribution in [-0.4, -0.2) is 4.98 Å². The SMILES string of the molecule is Fc1nc(C(F)(F)F)c(CCl)cc1C(F)F. The van der Waals surface area contributed by atoms with Crippen molar-refractivity contribution in [3.63, 3.8) is 0 Å². The number of aromatic nitrogens is 1. The third-order valence-electron chi connectivity index (χ3n) is 1.73. The van der Waals surface area contributed by atoms with E-state index in [9.17, 15) is 26.3 Å². The van der Waals surface area contributed by atoms with E-state index in [4.69, 9.17) is 11.6 Å². The van der Waals surface area contributed by atoms with Gasteiger partial charge in [-0.3, -0.25) is 0 Å². The molecule has 0 amide bonds. The summed E-state index contributed by atoms with van der Waals surface area (Å²) >= 11 is 5.16. The molecule has 0 bridgehead atoms. The third-order valence-corrected chi connectivity index (χ3v) is 2.02. The number of hydrogen-bond donors (Lipinski definition) is 0. The Hall–Kier alpha value is -0.980. The van der Waals surface area contributed by atoms with Gasteiger partial charge in [-0.15, -0.1) is 11.6 Å². The predicted molar refractivity (Wildman–Crippen MR) is 43.7 cm³/mol. The van der Waals surface area contributed by atoms with Crippen molar-refractivity contribution < 1.29 is 26.3 Å². The Bertz CT molecular complexity index is 389. The monoisotopic (exact) mass is 263 g/mol. The minimum atomic E-state index is -4.92. The minimum absolute atomic E-state index is 0.378. The highest BCUT2D eigenvalue weighted by Gasteiger charge is 2.36. The fraction of sp³-hybridized carbons (Fsp3) is 0.375. The first-order chi connectivity index (χ1) is 7.27. The highest BCUT2D eigenvalue weighted by molar-refractivity contribution is 6.17. The molecule has 1 nitrogen and oxygen atoms in total. The molecular formula is C8H4ClF6N. The lowest BCUT2D eigenvalue weighted by Gasteiger charge is -2.12. The second-order valence-electron chi connectivity index (χ2n) is 2.81. The zero-order valence-corrected chi connectivity index (χ0v) is 8.21. The lowest BCUT2D eigenvalue weighted by Crippen LogP contribution is -2.14. The molecule has 1 aromatic rings. The molecule has 0 atom stereocenters. The van der Waals surface area contributed by atoms with E-state index < -0.39 is 41.3 Å². The molecule has 1 heterocycles. The third kappa shape index (κ3) is 2.58. The van der Waals surface area contributed by atoms with Crippen LogP contribution in [0.2, 0.25) is 0 Å². The van der Waals surface area contributed by atoms with Crippen LogP contribution in [0.3, 0.4) is 0 Å². The van der Waals surface area contributed by atoms with Gasteiger partial charge >= 0.3 is 6.18 Å². The van der Waals surface area contributed by atoms with Gasteiger partial charge in [0.2, 0.25) is 5.95 Å². The molecule has 1 aromatic heterocycles. The van der Waals surface area contributed by atoms with Crippen molar-refractivity contribution in [1.29, 1.82) is 0 Å². The van der Waals surface area contributed by atoms with Gasteiger partial charge in [0.05, 0.1) is 5.56 Å². The van der Waals surface area contributed by atoms with Crippen molar-refractivity contribution in [2.45, 2.75) is 18.5 Å². The zero-order valence-electron chi connectivity index (χ0n) is 7.45. The maximum absolute atomic E-state index is 12.8. The van der Waals surface area contributed by atoms with E-state index in [-0.39, 0.29) is 0 Å². The second kappa shape index (κ2) is 4.48. The molecule has 1 rings (SSSR count). The number of rotatable bonds is 2. The summed E-state index contributed by atoms with van der Waals surface area (Å²) in [4.78, 5) is 2.48. The lowest BCUT2D eigenvalue weighted by atomic mass is 10.1. The molecule has 0 saturated heterocycles. The number of nitrogens with zero attached hydrogens (tertiary/aromatic N) is 1. The smallest absolute Gasteiger partial charge is 0.214 e. The summed E-state index contributed by atoms with van der Waals surface area (Å²) in [5, 5.41) is 0. The average Bonchev–Trinajstić information content (AvgIpc) is 2.15. The summed E-state index contributed by atoms with van der Waals surface area (Å²) < 4.78 is 74.0. The highest BCUT2D eigenvalue weighted by Crippen LogP contribution is 2.33. The van der Waals surface area contributed by atoms with Gasteiger partial charge in [-0.2, -0.15) is 17.6 Å². The maximum Gasteiger partial charge on any atom is 0.433 e. The Balaban J connectivity index is 3.38. The summed E-state index contributed by atoms with van der Waals surface area (Å²) in [6.45, 7) is 0. The van der Waals surface area contributed by atoms with E-state index in [1.165, 1.54) is 0 Å². The fourth-order valence-corrected chi connectivity index (χ4v) is 1.25. The topological polar surface area (TPSA) is 12.9 Å². The molecule has 8 heteroatoms. The maximum atomic E-state index is 12.8. The van der Waals surface area contributed by atoms with Crippen molar-refractivity contribution in [3.05, 3.63) is 28.8 Å². The predicted octanol–water partition coefficient (Wildman–Crippen LogP) is 3.92. The standard InChI is InChI=1S/C8H4ClF6N/c9-2-3-1-4(6(10)11)7(12)16-5(3)8(13,14)15/h1,6H,2H2. The van der Waals surface area contributed by atoms with Gasteiger partial charge in [0.25, 0.3) is 6.43 Å². The molecule has 0 unspecified atom stereocenters.